The number of anilines is 1. The Kier molecular flexibility index (Phi) is 4.58. The zero-order chi connectivity index (χ0) is 15.4. The molecule has 1 aliphatic rings. The van der Waals surface area contributed by atoms with Crippen molar-refractivity contribution in [2.75, 3.05) is 18.8 Å². The lowest BCUT2D eigenvalue weighted by molar-refractivity contribution is 0.166. The molecule has 1 saturated heterocycles. The average Bonchev–Trinajstić information content (AvgIpc) is 2.52. The molecule has 1 fully saturated rings. The van der Waals surface area contributed by atoms with E-state index in [2.05, 4.69) is 24.8 Å². The molecule has 0 spiro atoms. The molecule has 6 heteroatoms. The highest BCUT2D eigenvalue weighted by Crippen LogP contribution is 2.22. The predicted molar refractivity (Wildman–Crippen MR) is 84.9 cm³/mol. The summed E-state index contributed by atoms with van der Waals surface area (Å²) in [7, 11) is 0. The molecule has 0 radical (unpaired) electrons. The largest absolute Gasteiger partial charge is 0.382 e. The molecule has 1 aliphatic heterocycles. The predicted octanol–water partition coefficient (Wildman–Crippen LogP) is 1.61. The monoisotopic (exact) mass is 298 g/mol. The van der Waals surface area contributed by atoms with E-state index in [9.17, 15) is 0 Å². The molecule has 2 aromatic rings. The van der Waals surface area contributed by atoms with Crippen molar-refractivity contribution in [3.8, 4) is 0 Å². The minimum absolute atomic E-state index is 0.562. The van der Waals surface area contributed by atoms with Crippen LogP contribution in [0.4, 0.5) is 5.82 Å². The number of nitrogens with zero attached hydrogens (tertiary/aromatic N) is 5. The molecular formula is C16H22N6. The van der Waals surface area contributed by atoms with Gasteiger partial charge in [-0.15, -0.1) is 0 Å². The molecule has 2 aromatic heterocycles. The van der Waals surface area contributed by atoms with Crippen LogP contribution >= 0.6 is 0 Å². The number of nitrogen functional groups attached to an aromatic ring is 1. The lowest BCUT2D eigenvalue weighted by Gasteiger charge is -2.32. The first-order chi connectivity index (χ1) is 10.7. The van der Waals surface area contributed by atoms with Crippen molar-refractivity contribution in [2.24, 2.45) is 5.92 Å². The molecule has 22 heavy (non-hydrogen) atoms. The lowest BCUT2D eigenvalue weighted by Crippen LogP contribution is -2.36. The van der Waals surface area contributed by atoms with Crippen molar-refractivity contribution in [3.05, 3.63) is 41.9 Å². The second kappa shape index (κ2) is 6.79. The molecule has 0 saturated carbocycles. The van der Waals surface area contributed by atoms with Gasteiger partial charge in [0.2, 0.25) is 0 Å². The number of nitrogens with two attached hydrogens (primary N) is 1. The number of aromatic nitrogens is 4. The highest BCUT2D eigenvalue weighted by molar-refractivity contribution is 5.33. The van der Waals surface area contributed by atoms with Crippen LogP contribution in [0.5, 0.6) is 0 Å². The molecule has 2 N–H and O–H groups in total. The van der Waals surface area contributed by atoms with E-state index in [4.69, 9.17) is 5.73 Å². The van der Waals surface area contributed by atoms with E-state index in [1.807, 2.05) is 19.3 Å². The highest BCUT2D eigenvalue weighted by atomic mass is 15.1. The molecule has 3 heterocycles. The Morgan fingerprint density at radius 3 is 2.73 bits per heavy atom. The summed E-state index contributed by atoms with van der Waals surface area (Å²) in [6, 6.07) is 0. The van der Waals surface area contributed by atoms with Gasteiger partial charge in [-0.2, -0.15) is 0 Å². The van der Waals surface area contributed by atoms with Crippen LogP contribution in [0.3, 0.4) is 0 Å². The molecule has 1 atom stereocenters. The molecule has 0 aliphatic carbocycles. The van der Waals surface area contributed by atoms with E-state index in [1.54, 1.807) is 12.4 Å². The van der Waals surface area contributed by atoms with Crippen LogP contribution in [0, 0.1) is 12.8 Å². The zero-order valence-electron chi connectivity index (χ0n) is 12.9. The average molecular weight is 298 g/mol. The summed E-state index contributed by atoms with van der Waals surface area (Å²) in [5.41, 5.74) is 8.00. The summed E-state index contributed by atoms with van der Waals surface area (Å²) in [6.07, 6.45) is 10.5. The quantitative estimate of drug-likeness (QED) is 0.923. The minimum Gasteiger partial charge on any atom is -0.382 e. The van der Waals surface area contributed by atoms with Crippen LogP contribution in [0.1, 0.15) is 29.9 Å². The van der Waals surface area contributed by atoms with E-state index in [0.717, 1.165) is 37.6 Å². The van der Waals surface area contributed by atoms with Gasteiger partial charge in [-0.25, -0.2) is 15.0 Å². The Balaban J connectivity index is 1.59. The number of piperidine rings is 1. The third kappa shape index (κ3) is 3.76. The molecule has 0 bridgehead atoms. The summed E-state index contributed by atoms with van der Waals surface area (Å²) >= 11 is 0. The van der Waals surface area contributed by atoms with Crippen molar-refractivity contribution < 1.29 is 0 Å². The van der Waals surface area contributed by atoms with Crippen molar-refractivity contribution in [2.45, 2.75) is 32.7 Å². The standard InChI is InChI=1S/C16H22N6/c1-12-20-8-14(9-21-12)11-22-6-2-3-13(10-22)7-15-16(17)19-5-4-18-15/h4-5,8-9,13H,2-3,6-7,10-11H2,1H3,(H2,17,19)/t13-/m0/s1. The van der Waals surface area contributed by atoms with E-state index in [-0.39, 0.29) is 0 Å². The second-order valence-electron chi connectivity index (χ2n) is 5.97. The maximum absolute atomic E-state index is 5.91. The maximum Gasteiger partial charge on any atom is 0.145 e. The topological polar surface area (TPSA) is 80.8 Å². The molecule has 6 nitrogen and oxygen atoms in total. The Bertz CT molecular complexity index is 612. The lowest BCUT2D eigenvalue weighted by atomic mass is 9.93. The van der Waals surface area contributed by atoms with E-state index >= 15 is 0 Å². The van der Waals surface area contributed by atoms with Gasteiger partial charge in [-0.05, 0) is 38.6 Å². The van der Waals surface area contributed by atoms with Crippen molar-refractivity contribution >= 4 is 5.82 Å². The molecule has 116 valence electrons. The highest BCUT2D eigenvalue weighted by Gasteiger charge is 2.21. The van der Waals surface area contributed by atoms with Gasteiger partial charge >= 0.3 is 0 Å². The van der Waals surface area contributed by atoms with E-state index in [0.29, 0.717) is 11.7 Å². The fourth-order valence-electron chi connectivity index (χ4n) is 3.03. The summed E-state index contributed by atoms with van der Waals surface area (Å²) < 4.78 is 0. The molecule has 0 unspecified atom stereocenters. The second-order valence-corrected chi connectivity index (χ2v) is 5.97. The zero-order valence-corrected chi connectivity index (χ0v) is 12.9. The molecular weight excluding hydrogens is 276 g/mol. The third-order valence-corrected chi connectivity index (χ3v) is 4.13. The van der Waals surface area contributed by atoms with Crippen molar-refractivity contribution in [3.63, 3.8) is 0 Å². The van der Waals surface area contributed by atoms with Crippen LogP contribution in [-0.2, 0) is 13.0 Å². The van der Waals surface area contributed by atoms with Gasteiger partial charge < -0.3 is 5.73 Å². The normalized spacial score (nSPS) is 19.2. The van der Waals surface area contributed by atoms with Gasteiger partial charge in [-0.3, -0.25) is 9.88 Å². The van der Waals surface area contributed by atoms with Crippen LogP contribution < -0.4 is 5.73 Å². The first-order valence-corrected chi connectivity index (χ1v) is 7.76. The third-order valence-electron chi connectivity index (χ3n) is 4.13. The number of hydrogen-bond acceptors (Lipinski definition) is 6. The Morgan fingerprint density at radius 1 is 1.18 bits per heavy atom. The van der Waals surface area contributed by atoms with E-state index < -0.39 is 0 Å². The SMILES string of the molecule is Cc1ncc(CN2CCC[C@@H](Cc3nccnc3N)C2)cn1. The molecule has 3 rings (SSSR count). The van der Waals surface area contributed by atoms with Crippen LogP contribution in [0.25, 0.3) is 0 Å². The van der Waals surface area contributed by atoms with Crippen LogP contribution in [0.15, 0.2) is 24.8 Å². The number of likely N-dealkylation sites (tertiary alicyclic amines) is 1. The summed E-state index contributed by atoms with van der Waals surface area (Å²) in [6.45, 7) is 5.00. The van der Waals surface area contributed by atoms with Crippen LogP contribution in [0.2, 0.25) is 0 Å². The number of rotatable bonds is 4. The first kappa shape index (κ1) is 14.8. The number of aryl methyl sites for hydroxylation is 1. The Labute approximate surface area is 130 Å². The van der Waals surface area contributed by atoms with Gasteiger partial charge in [0.1, 0.15) is 11.6 Å². The van der Waals surface area contributed by atoms with Crippen molar-refractivity contribution in [1.29, 1.82) is 0 Å². The van der Waals surface area contributed by atoms with E-state index in [1.165, 1.54) is 18.4 Å². The molecule has 0 aromatic carbocycles. The first-order valence-electron chi connectivity index (χ1n) is 7.76. The fourth-order valence-corrected chi connectivity index (χ4v) is 3.03. The minimum atomic E-state index is 0.562. The Hall–Kier alpha value is -2.08. The Morgan fingerprint density at radius 2 is 1.95 bits per heavy atom. The maximum atomic E-state index is 5.91. The summed E-state index contributed by atoms with van der Waals surface area (Å²) in [5.74, 6) is 1.96. The number of hydrogen-bond donors (Lipinski definition) is 1. The van der Waals surface area contributed by atoms with Gasteiger partial charge in [-0.1, -0.05) is 0 Å². The smallest absolute Gasteiger partial charge is 0.145 e. The van der Waals surface area contributed by atoms with Gasteiger partial charge in [0.25, 0.3) is 0 Å². The van der Waals surface area contributed by atoms with Crippen LogP contribution in [-0.4, -0.2) is 37.9 Å². The summed E-state index contributed by atoms with van der Waals surface area (Å²) in [5, 5.41) is 0. The van der Waals surface area contributed by atoms with Gasteiger partial charge in [0.15, 0.2) is 0 Å². The fraction of sp³-hybridized carbons (Fsp3) is 0.500. The summed E-state index contributed by atoms with van der Waals surface area (Å²) in [4.78, 5) is 19.5. The molecule has 0 amide bonds. The van der Waals surface area contributed by atoms with Gasteiger partial charge in [0.05, 0.1) is 5.69 Å². The van der Waals surface area contributed by atoms with Crippen molar-refractivity contribution in [1.82, 2.24) is 24.8 Å². The van der Waals surface area contributed by atoms with Gasteiger partial charge in [0, 0.05) is 43.4 Å².